The van der Waals surface area contributed by atoms with Crippen molar-refractivity contribution >= 4 is 27.3 Å². The summed E-state index contributed by atoms with van der Waals surface area (Å²) in [6.45, 7) is 4.44. The van der Waals surface area contributed by atoms with Crippen molar-refractivity contribution in [2.45, 2.75) is 31.6 Å². The molecule has 0 spiro atoms. The molecule has 2 aromatic rings. The Bertz CT molecular complexity index is 1020. The molecule has 0 saturated carbocycles. The second-order valence-corrected chi connectivity index (χ2v) is 8.90. The number of nitrogens with zero attached hydrogens (tertiary/aromatic N) is 1. The molecular formula is C21H26N2O5S. The number of amides is 1. The van der Waals surface area contributed by atoms with Crippen LogP contribution in [-0.4, -0.2) is 35.1 Å². The highest BCUT2D eigenvalue weighted by atomic mass is 32.2. The van der Waals surface area contributed by atoms with Crippen molar-refractivity contribution in [2.24, 2.45) is 5.92 Å². The average molecular weight is 419 g/mol. The number of sulfonamides is 1. The molecule has 1 heterocycles. The number of ether oxygens (including phenoxy) is 2. The van der Waals surface area contributed by atoms with E-state index in [-0.39, 0.29) is 16.7 Å². The summed E-state index contributed by atoms with van der Waals surface area (Å²) in [7, 11) is -0.862. The van der Waals surface area contributed by atoms with Gasteiger partial charge in [0.2, 0.25) is 5.91 Å². The molecular weight excluding hydrogens is 392 g/mol. The lowest BCUT2D eigenvalue weighted by Gasteiger charge is -2.31. The quantitative estimate of drug-likeness (QED) is 0.777. The van der Waals surface area contributed by atoms with E-state index in [1.165, 1.54) is 26.4 Å². The van der Waals surface area contributed by atoms with Crippen LogP contribution in [-0.2, 0) is 21.2 Å². The summed E-state index contributed by atoms with van der Waals surface area (Å²) in [5.74, 6) is 0.771. The van der Waals surface area contributed by atoms with Gasteiger partial charge in [0.05, 0.1) is 19.1 Å². The average Bonchev–Trinajstić information content (AvgIpc) is 2.71. The van der Waals surface area contributed by atoms with Crippen molar-refractivity contribution < 1.29 is 22.7 Å². The van der Waals surface area contributed by atoms with Gasteiger partial charge in [-0.2, -0.15) is 0 Å². The highest BCUT2D eigenvalue weighted by Gasteiger charge is 2.25. The first-order valence-corrected chi connectivity index (χ1v) is 10.9. The minimum Gasteiger partial charge on any atom is -0.493 e. The zero-order chi connectivity index (χ0) is 21.2. The van der Waals surface area contributed by atoms with Gasteiger partial charge in [-0.05, 0) is 48.7 Å². The van der Waals surface area contributed by atoms with Crippen molar-refractivity contribution in [1.29, 1.82) is 0 Å². The van der Waals surface area contributed by atoms with Crippen molar-refractivity contribution in [2.75, 3.05) is 30.4 Å². The topological polar surface area (TPSA) is 84.9 Å². The summed E-state index contributed by atoms with van der Waals surface area (Å²) in [5, 5.41) is 0. The lowest BCUT2D eigenvalue weighted by molar-refractivity contribution is -0.121. The summed E-state index contributed by atoms with van der Waals surface area (Å²) in [4.78, 5) is 14.3. The normalized spacial score (nSPS) is 13.8. The van der Waals surface area contributed by atoms with Gasteiger partial charge in [0.25, 0.3) is 10.0 Å². The standard InChI is InChI=1S/C21H26N2O5S/c1-14(2)21(24)23-11-5-6-15-12-16(7-9-18(15)23)22-29(25,26)17-8-10-19(27-3)20(13-17)28-4/h7-10,12-14,22H,5-6,11H2,1-4H3. The maximum Gasteiger partial charge on any atom is 0.262 e. The molecule has 0 atom stereocenters. The van der Waals surface area contributed by atoms with Gasteiger partial charge in [0, 0.05) is 29.9 Å². The molecule has 0 radical (unpaired) electrons. The molecule has 8 heteroatoms. The van der Waals surface area contributed by atoms with Gasteiger partial charge in [-0.15, -0.1) is 0 Å². The number of anilines is 2. The minimum atomic E-state index is -3.81. The van der Waals surface area contributed by atoms with E-state index in [0.29, 0.717) is 23.7 Å². The zero-order valence-corrected chi connectivity index (χ0v) is 17.9. The molecule has 3 rings (SSSR count). The monoisotopic (exact) mass is 418 g/mol. The van der Waals surface area contributed by atoms with E-state index in [4.69, 9.17) is 9.47 Å². The maximum absolute atomic E-state index is 12.8. The number of rotatable bonds is 6. The summed E-state index contributed by atoms with van der Waals surface area (Å²) in [6, 6.07) is 9.72. The Morgan fingerprint density at radius 2 is 1.79 bits per heavy atom. The molecule has 0 saturated heterocycles. The molecule has 1 aliphatic heterocycles. The van der Waals surface area contributed by atoms with Crippen LogP contribution in [0.2, 0.25) is 0 Å². The zero-order valence-electron chi connectivity index (χ0n) is 17.1. The van der Waals surface area contributed by atoms with Crippen molar-refractivity contribution in [3.8, 4) is 11.5 Å². The Morgan fingerprint density at radius 3 is 2.45 bits per heavy atom. The largest absolute Gasteiger partial charge is 0.493 e. The molecule has 156 valence electrons. The van der Waals surface area contributed by atoms with Gasteiger partial charge < -0.3 is 14.4 Å². The van der Waals surface area contributed by atoms with Crippen molar-refractivity contribution in [3.63, 3.8) is 0 Å². The molecule has 2 aromatic carbocycles. The number of carbonyl (C=O) groups excluding carboxylic acids is 1. The van der Waals surface area contributed by atoms with Crippen molar-refractivity contribution in [3.05, 3.63) is 42.0 Å². The van der Waals surface area contributed by atoms with E-state index in [1.807, 2.05) is 13.8 Å². The molecule has 29 heavy (non-hydrogen) atoms. The third-order valence-electron chi connectivity index (χ3n) is 4.88. The van der Waals surface area contributed by atoms with Gasteiger partial charge in [0.1, 0.15) is 0 Å². The van der Waals surface area contributed by atoms with Crippen LogP contribution in [0.15, 0.2) is 41.3 Å². The number of methoxy groups -OCH3 is 2. The van der Waals surface area contributed by atoms with Gasteiger partial charge in [0.15, 0.2) is 11.5 Å². The van der Waals surface area contributed by atoms with E-state index < -0.39 is 10.0 Å². The second-order valence-electron chi connectivity index (χ2n) is 7.21. The fourth-order valence-corrected chi connectivity index (χ4v) is 4.46. The second kappa shape index (κ2) is 8.32. The first kappa shape index (κ1) is 21.0. The molecule has 0 aliphatic carbocycles. The Labute approximate surface area is 171 Å². The van der Waals surface area contributed by atoms with Crippen LogP contribution in [0.1, 0.15) is 25.8 Å². The van der Waals surface area contributed by atoms with Crippen LogP contribution >= 0.6 is 0 Å². The van der Waals surface area contributed by atoms with Crippen LogP contribution in [0, 0.1) is 5.92 Å². The highest BCUT2D eigenvalue weighted by molar-refractivity contribution is 7.92. The van der Waals surface area contributed by atoms with Crippen LogP contribution in [0.3, 0.4) is 0 Å². The van der Waals surface area contributed by atoms with E-state index >= 15 is 0 Å². The predicted octanol–water partition coefficient (Wildman–Crippen LogP) is 3.44. The Kier molecular flexibility index (Phi) is 6.02. The number of carbonyl (C=O) groups is 1. The molecule has 1 N–H and O–H groups in total. The van der Waals surface area contributed by atoms with E-state index in [0.717, 1.165) is 24.1 Å². The molecule has 1 aliphatic rings. The third-order valence-corrected chi connectivity index (χ3v) is 6.25. The van der Waals surface area contributed by atoms with Crippen LogP contribution in [0.25, 0.3) is 0 Å². The van der Waals surface area contributed by atoms with Gasteiger partial charge in [-0.1, -0.05) is 13.8 Å². The number of hydrogen-bond donors (Lipinski definition) is 1. The molecule has 0 unspecified atom stereocenters. The first-order chi connectivity index (χ1) is 13.8. The van der Waals surface area contributed by atoms with Crippen LogP contribution in [0.4, 0.5) is 11.4 Å². The number of nitrogens with one attached hydrogen (secondary N) is 1. The van der Waals surface area contributed by atoms with Crippen LogP contribution in [0.5, 0.6) is 11.5 Å². The van der Waals surface area contributed by atoms with E-state index in [9.17, 15) is 13.2 Å². The molecule has 0 fully saturated rings. The summed E-state index contributed by atoms with van der Waals surface area (Å²) < 4.78 is 38.6. The van der Waals surface area contributed by atoms with E-state index in [2.05, 4.69) is 4.72 Å². The number of fused-ring (bicyclic) bond motifs is 1. The Morgan fingerprint density at radius 1 is 1.07 bits per heavy atom. The Balaban J connectivity index is 1.88. The Hall–Kier alpha value is -2.74. The summed E-state index contributed by atoms with van der Waals surface area (Å²) in [6.07, 6.45) is 1.64. The lowest BCUT2D eigenvalue weighted by Crippen LogP contribution is -2.38. The highest BCUT2D eigenvalue weighted by Crippen LogP contribution is 2.33. The molecule has 0 aromatic heterocycles. The maximum atomic E-state index is 12.8. The summed E-state index contributed by atoms with van der Waals surface area (Å²) >= 11 is 0. The molecule has 7 nitrogen and oxygen atoms in total. The van der Waals surface area contributed by atoms with Gasteiger partial charge in [-0.25, -0.2) is 8.42 Å². The third kappa shape index (κ3) is 4.32. The minimum absolute atomic E-state index is 0.0736. The first-order valence-electron chi connectivity index (χ1n) is 9.46. The number of aryl methyl sites for hydroxylation is 1. The van der Waals surface area contributed by atoms with E-state index in [1.54, 1.807) is 29.2 Å². The smallest absolute Gasteiger partial charge is 0.262 e. The number of benzene rings is 2. The van der Waals surface area contributed by atoms with Gasteiger partial charge in [-0.3, -0.25) is 9.52 Å². The molecule has 0 bridgehead atoms. The molecule has 1 amide bonds. The summed E-state index contributed by atoms with van der Waals surface area (Å²) in [5.41, 5.74) is 2.26. The van der Waals surface area contributed by atoms with Gasteiger partial charge >= 0.3 is 0 Å². The van der Waals surface area contributed by atoms with Crippen molar-refractivity contribution in [1.82, 2.24) is 0 Å². The lowest BCUT2D eigenvalue weighted by atomic mass is 9.99. The predicted molar refractivity (Wildman–Crippen MR) is 112 cm³/mol. The SMILES string of the molecule is COc1ccc(S(=O)(=O)Nc2ccc3c(c2)CCCN3C(=O)C(C)C)cc1OC. The fourth-order valence-electron chi connectivity index (χ4n) is 3.40. The fraction of sp³-hybridized carbons (Fsp3) is 0.381. The number of hydrogen-bond acceptors (Lipinski definition) is 5. The van der Waals surface area contributed by atoms with Crippen LogP contribution < -0.4 is 19.1 Å².